The van der Waals surface area contributed by atoms with E-state index >= 15 is 0 Å². The standard InChI is InChI=1S/C13H26N2O2/c1-4-13(7-8-14)15(9-11-16-5-2)10-12-17-6-3/h13H,4-7,9-12H2,1-3H3. The van der Waals surface area contributed by atoms with Gasteiger partial charge in [0.05, 0.1) is 25.7 Å². The SMILES string of the molecule is CCOCCN(CCOCC)C(CC)CC#N. The zero-order valence-corrected chi connectivity index (χ0v) is 11.4. The topological polar surface area (TPSA) is 45.5 Å². The predicted molar refractivity (Wildman–Crippen MR) is 68.9 cm³/mol. The summed E-state index contributed by atoms with van der Waals surface area (Å²) in [6.45, 7) is 10.8. The van der Waals surface area contributed by atoms with E-state index in [1.807, 2.05) is 13.8 Å². The smallest absolute Gasteiger partial charge is 0.0638 e. The summed E-state index contributed by atoms with van der Waals surface area (Å²) in [5.41, 5.74) is 0. The van der Waals surface area contributed by atoms with Crippen LogP contribution in [0.5, 0.6) is 0 Å². The van der Waals surface area contributed by atoms with Crippen LogP contribution in [0.25, 0.3) is 0 Å². The fourth-order valence-electron chi connectivity index (χ4n) is 1.77. The maximum Gasteiger partial charge on any atom is 0.0638 e. The fourth-order valence-corrected chi connectivity index (χ4v) is 1.77. The number of hydrogen-bond donors (Lipinski definition) is 0. The van der Waals surface area contributed by atoms with E-state index in [0.29, 0.717) is 12.5 Å². The van der Waals surface area contributed by atoms with E-state index in [2.05, 4.69) is 17.9 Å². The van der Waals surface area contributed by atoms with Gasteiger partial charge in [-0.05, 0) is 20.3 Å². The highest BCUT2D eigenvalue weighted by Crippen LogP contribution is 2.08. The van der Waals surface area contributed by atoms with Crippen molar-refractivity contribution in [1.82, 2.24) is 4.90 Å². The Kier molecular flexibility index (Phi) is 11.4. The normalized spacial score (nSPS) is 12.6. The van der Waals surface area contributed by atoms with Gasteiger partial charge >= 0.3 is 0 Å². The quantitative estimate of drug-likeness (QED) is 0.520. The first-order valence-corrected chi connectivity index (χ1v) is 6.56. The molecule has 0 bridgehead atoms. The first-order valence-electron chi connectivity index (χ1n) is 6.56. The summed E-state index contributed by atoms with van der Waals surface area (Å²) in [5.74, 6) is 0. The summed E-state index contributed by atoms with van der Waals surface area (Å²) in [6, 6.07) is 2.58. The second-order valence-corrected chi connectivity index (χ2v) is 3.85. The molecule has 0 radical (unpaired) electrons. The molecule has 17 heavy (non-hydrogen) atoms. The molecule has 0 rings (SSSR count). The van der Waals surface area contributed by atoms with Crippen molar-refractivity contribution in [3.63, 3.8) is 0 Å². The molecular weight excluding hydrogens is 216 g/mol. The first-order chi connectivity index (χ1) is 8.29. The lowest BCUT2D eigenvalue weighted by Gasteiger charge is -2.29. The van der Waals surface area contributed by atoms with Gasteiger partial charge in [0.1, 0.15) is 0 Å². The maximum absolute atomic E-state index is 8.82. The molecule has 0 aliphatic heterocycles. The monoisotopic (exact) mass is 242 g/mol. The highest BCUT2D eigenvalue weighted by atomic mass is 16.5. The first kappa shape index (κ1) is 16.4. The van der Waals surface area contributed by atoms with Gasteiger partial charge < -0.3 is 9.47 Å². The van der Waals surface area contributed by atoms with Crippen molar-refractivity contribution in [1.29, 1.82) is 5.26 Å². The Labute approximate surface area is 105 Å². The lowest BCUT2D eigenvalue weighted by molar-refractivity contribution is 0.0625. The molecule has 0 amide bonds. The lowest BCUT2D eigenvalue weighted by atomic mass is 10.1. The molecule has 0 N–H and O–H groups in total. The van der Waals surface area contributed by atoms with E-state index in [0.717, 1.165) is 45.9 Å². The van der Waals surface area contributed by atoms with Gasteiger partial charge in [0, 0.05) is 32.3 Å². The molecule has 0 fully saturated rings. The summed E-state index contributed by atoms with van der Waals surface area (Å²) in [4.78, 5) is 2.30. The number of rotatable bonds is 11. The Balaban J connectivity index is 4.10. The summed E-state index contributed by atoms with van der Waals surface area (Å²) in [6.07, 6.45) is 1.57. The molecule has 0 saturated heterocycles. The van der Waals surface area contributed by atoms with Gasteiger partial charge in [0.2, 0.25) is 0 Å². The molecule has 0 aromatic rings. The number of nitrogens with zero attached hydrogens (tertiary/aromatic N) is 2. The van der Waals surface area contributed by atoms with Gasteiger partial charge in [-0.25, -0.2) is 0 Å². The van der Waals surface area contributed by atoms with Gasteiger partial charge in [0.25, 0.3) is 0 Å². The van der Waals surface area contributed by atoms with Gasteiger partial charge in [-0.1, -0.05) is 6.92 Å². The maximum atomic E-state index is 8.82. The second kappa shape index (κ2) is 11.8. The van der Waals surface area contributed by atoms with Crippen LogP contribution in [-0.2, 0) is 9.47 Å². The van der Waals surface area contributed by atoms with Crippen molar-refractivity contribution >= 4 is 0 Å². The minimum atomic E-state index is 0.320. The van der Waals surface area contributed by atoms with E-state index < -0.39 is 0 Å². The number of hydrogen-bond acceptors (Lipinski definition) is 4. The molecule has 0 heterocycles. The molecule has 0 aliphatic carbocycles. The zero-order chi connectivity index (χ0) is 12.9. The Bertz CT molecular complexity index is 194. The summed E-state index contributed by atoms with van der Waals surface area (Å²) in [7, 11) is 0. The summed E-state index contributed by atoms with van der Waals surface area (Å²) >= 11 is 0. The average Bonchev–Trinajstić information content (AvgIpc) is 2.35. The Morgan fingerprint density at radius 2 is 1.59 bits per heavy atom. The molecule has 0 spiro atoms. The molecule has 0 saturated carbocycles. The minimum Gasteiger partial charge on any atom is -0.380 e. The van der Waals surface area contributed by atoms with Crippen LogP contribution >= 0.6 is 0 Å². The van der Waals surface area contributed by atoms with Gasteiger partial charge in [-0.15, -0.1) is 0 Å². The average molecular weight is 242 g/mol. The molecule has 1 atom stereocenters. The van der Waals surface area contributed by atoms with Crippen molar-refractivity contribution in [3.05, 3.63) is 0 Å². The van der Waals surface area contributed by atoms with Crippen molar-refractivity contribution < 1.29 is 9.47 Å². The zero-order valence-electron chi connectivity index (χ0n) is 11.4. The van der Waals surface area contributed by atoms with Gasteiger partial charge in [-0.3, -0.25) is 4.90 Å². The van der Waals surface area contributed by atoms with Crippen LogP contribution in [0, 0.1) is 11.3 Å². The van der Waals surface area contributed by atoms with E-state index in [4.69, 9.17) is 14.7 Å². The van der Waals surface area contributed by atoms with Gasteiger partial charge in [0.15, 0.2) is 0 Å². The van der Waals surface area contributed by atoms with E-state index in [-0.39, 0.29) is 0 Å². The summed E-state index contributed by atoms with van der Waals surface area (Å²) < 4.78 is 10.8. The number of nitriles is 1. The third-order valence-electron chi connectivity index (χ3n) is 2.77. The van der Waals surface area contributed by atoms with Crippen LogP contribution in [-0.4, -0.2) is 50.5 Å². The largest absolute Gasteiger partial charge is 0.380 e. The highest BCUT2D eigenvalue weighted by Gasteiger charge is 2.15. The van der Waals surface area contributed by atoms with Crippen LogP contribution in [0.1, 0.15) is 33.6 Å². The molecular formula is C13H26N2O2. The second-order valence-electron chi connectivity index (χ2n) is 3.85. The molecule has 1 unspecified atom stereocenters. The third kappa shape index (κ3) is 8.14. The van der Waals surface area contributed by atoms with Crippen LogP contribution < -0.4 is 0 Å². The van der Waals surface area contributed by atoms with Crippen LogP contribution in [0.15, 0.2) is 0 Å². The number of ether oxygens (including phenoxy) is 2. The molecule has 0 aromatic heterocycles. The highest BCUT2D eigenvalue weighted by molar-refractivity contribution is 4.82. The molecule has 4 nitrogen and oxygen atoms in total. The molecule has 100 valence electrons. The summed E-state index contributed by atoms with van der Waals surface area (Å²) in [5, 5.41) is 8.82. The minimum absolute atomic E-state index is 0.320. The predicted octanol–water partition coefficient (Wildman–Crippen LogP) is 2.05. The van der Waals surface area contributed by atoms with E-state index in [9.17, 15) is 0 Å². The van der Waals surface area contributed by atoms with Crippen molar-refractivity contribution in [2.24, 2.45) is 0 Å². The van der Waals surface area contributed by atoms with Gasteiger partial charge in [-0.2, -0.15) is 5.26 Å². The van der Waals surface area contributed by atoms with E-state index in [1.54, 1.807) is 0 Å². The van der Waals surface area contributed by atoms with Crippen molar-refractivity contribution in [2.45, 2.75) is 39.7 Å². The third-order valence-corrected chi connectivity index (χ3v) is 2.77. The Morgan fingerprint density at radius 1 is 1.06 bits per heavy atom. The van der Waals surface area contributed by atoms with Crippen LogP contribution in [0.2, 0.25) is 0 Å². The Morgan fingerprint density at radius 3 is 1.94 bits per heavy atom. The molecule has 4 heteroatoms. The fraction of sp³-hybridized carbons (Fsp3) is 0.923. The van der Waals surface area contributed by atoms with Crippen molar-refractivity contribution in [2.75, 3.05) is 39.5 Å². The molecule has 0 aromatic carbocycles. The Hall–Kier alpha value is -0.630. The van der Waals surface area contributed by atoms with Crippen LogP contribution in [0.4, 0.5) is 0 Å². The van der Waals surface area contributed by atoms with Crippen LogP contribution in [0.3, 0.4) is 0 Å². The molecule has 0 aliphatic rings. The van der Waals surface area contributed by atoms with Crippen molar-refractivity contribution in [3.8, 4) is 6.07 Å². The van der Waals surface area contributed by atoms with E-state index in [1.165, 1.54) is 0 Å². The lowest BCUT2D eigenvalue weighted by Crippen LogP contribution is -2.39.